The van der Waals surface area contributed by atoms with Gasteiger partial charge in [-0.2, -0.15) is 0 Å². The fourth-order valence-electron chi connectivity index (χ4n) is 1.49. The molecule has 1 aliphatic rings. The van der Waals surface area contributed by atoms with Gasteiger partial charge in [0.2, 0.25) is 0 Å². The molecule has 1 aromatic rings. The highest BCUT2D eigenvalue weighted by Gasteiger charge is 2.31. The normalized spacial score (nSPS) is 18.7. The predicted octanol–water partition coefficient (Wildman–Crippen LogP) is 0.611. The third kappa shape index (κ3) is 3.24. The van der Waals surface area contributed by atoms with E-state index in [1.165, 1.54) is 0 Å². The van der Waals surface area contributed by atoms with Crippen LogP contribution in [0.1, 0.15) is 12.6 Å². The van der Waals surface area contributed by atoms with Crippen LogP contribution in [0.2, 0.25) is 0 Å². The van der Waals surface area contributed by atoms with Crippen molar-refractivity contribution in [1.29, 1.82) is 0 Å². The van der Waals surface area contributed by atoms with Crippen molar-refractivity contribution >= 4 is 11.3 Å². The summed E-state index contributed by atoms with van der Waals surface area (Å²) in [6, 6.07) is 0. The number of rotatable bonds is 6. The number of ether oxygens (including phenoxy) is 1. The molecule has 0 bridgehead atoms. The Kier molecular flexibility index (Phi) is 3.69. The summed E-state index contributed by atoms with van der Waals surface area (Å²) >= 11 is 1.63. The lowest BCUT2D eigenvalue weighted by molar-refractivity contribution is -0.0648. The summed E-state index contributed by atoms with van der Waals surface area (Å²) in [5.74, 6) is 0. The van der Waals surface area contributed by atoms with Gasteiger partial charge in [0.15, 0.2) is 0 Å². The van der Waals surface area contributed by atoms with Crippen molar-refractivity contribution in [1.82, 2.24) is 15.6 Å². The smallest absolute Gasteiger partial charge is 0.0902 e. The maximum Gasteiger partial charge on any atom is 0.0902 e. The molecule has 0 amide bonds. The van der Waals surface area contributed by atoms with E-state index in [4.69, 9.17) is 4.74 Å². The Morgan fingerprint density at radius 3 is 3.13 bits per heavy atom. The zero-order valence-corrected chi connectivity index (χ0v) is 9.77. The Morgan fingerprint density at radius 2 is 2.53 bits per heavy atom. The van der Waals surface area contributed by atoms with Gasteiger partial charge >= 0.3 is 0 Å². The van der Waals surface area contributed by atoms with Crippen molar-refractivity contribution in [3.05, 3.63) is 16.6 Å². The molecule has 0 aromatic carbocycles. The molecule has 2 heterocycles. The van der Waals surface area contributed by atoms with Gasteiger partial charge in [-0.3, -0.25) is 0 Å². The van der Waals surface area contributed by atoms with Crippen LogP contribution in [0.25, 0.3) is 0 Å². The van der Waals surface area contributed by atoms with Gasteiger partial charge in [-0.1, -0.05) is 0 Å². The second kappa shape index (κ2) is 5.03. The third-order valence-electron chi connectivity index (χ3n) is 2.52. The van der Waals surface area contributed by atoms with E-state index in [1.807, 2.05) is 5.51 Å². The van der Waals surface area contributed by atoms with E-state index in [-0.39, 0.29) is 5.60 Å². The van der Waals surface area contributed by atoms with E-state index < -0.39 is 0 Å². The van der Waals surface area contributed by atoms with E-state index in [9.17, 15) is 0 Å². The van der Waals surface area contributed by atoms with Crippen LogP contribution >= 0.6 is 11.3 Å². The van der Waals surface area contributed by atoms with E-state index in [1.54, 1.807) is 11.3 Å². The number of hydrogen-bond donors (Lipinski definition) is 2. The minimum atomic E-state index is 0.0717. The summed E-state index contributed by atoms with van der Waals surface area (Å²) < 4.78 is 5.74. The van der Waals surface area contributed by atoms with Crippen molar-refractivity contribution in [2.75, 3.05) is 26.2 Å². The highest BCUT2D eigenvalue weighted by atomic mass is 32.1. The molecule has 84 valence electrons. The zero-order chi connectivity index (χ0) is 10.6. The van der Waals surface area contributed by atoms with Gasteiger partial charge in [0, 0.05) is 31.6 Å². The predicted molar refractivity (Wildman–Crippen MR) is 61.0 cm³/mol. The summed E-state index contributed by atoms with van der Waals surface area (Å²) in [5, 5.41) is 8.58. The van der Waals surface area contributed by atoms with Crippen molar-refractivity contribution in [3.8, 4) is 0 Å². The van der Waals surface area contributed by atoms with Crippen LogP contribution in [0.4, 0.5) is 0 Å². The Labute approximate surface area is 94.1 Å². The van der Waals surface area contributed by atoms with Crippen LogP contribution in [-0.2, 0) is 11.3 Å². The fourth-order valence-corrected chi connectivity index (χ4v) is 2.05. The minimum Gasteiger partial charge on any atom is -0.371 e. The topological polar surface area (TPSA) is 46.2 Å². The van der Waals surface area contributed by atoms with Crippen LogP contribution in [0.3, 0.4) is 0 Å². The van der Waals surface area contributed by atoms with E-state index in [2.05, 4.69) is 27.9 Å². The quantitative estimate of drug-likeness (QED) is 0.699. The zero-order valence-electron chi connectivity index (χ0n) is 8.95. The molecule has 4 nitrogen and oxygen atoms in total. The number of nitrogens with zero attached hydrogens (tertiary/aromatic N) is 1. The summed E-state index contributed by atoms with van der Waals surface area (Å²) in [6.45, 7) is 6.57. The molecule has 0 aliphatic carbocycles. The maximum absolute atomic E-state index is 5.74. The number of nitrogens with one attached hydrogen (secondary N) is 2. The van der Waals surface area contributed by atoms with Crippen molar-refractivity contribution < 1.29 is 4.74 Å². The van der Waals surface area contributed by atoms with E-state index >= 15 is 0 Å². The van der Waals surface area contributed by atoms with Gasteiger partial charge in [-0.25, -0.2) is 4.98 Å². The van der Waals surface area contributed by atoms with Gasteiger partial charge in [0.25, 0.3) is 0 Å². The molecule has 2 N–H and O–H groups in total. The lowest BCUT2D eigenvalue weighted by atomic mass is 10.0. The second-order valence-corrected chi connectivity index (χ2v) is 4.78. The molecule has 0 unspecified atom stereocenters. The Hall–Kier alpha value is -0.490. The van der Waals surface area contributed by atoms with Crippen LogP contribution in [-0.4, -0.2) is 36.8 Å². The molecule has 0 atom stereocenters. The highest BCUT2D eigenvalue weighted by Crippen LogP contribution is 2.14. The van der Waals surface area contributed by atoms with Crippen LogP contribution in [0.5, 0.6) is 0 Å². The third-order valence-corrected chi connectivity index (χ3v) is 3.15. The highest BCUT2D eigenvalue weighted by molar-refractivity contribution is 7.07. The van der Waals surface area contributed by atoms with Crippen LogP contribution < -0.4 is 10.6 Å². The average molecular weight is 227 g/mol. The van der Waals surface area contributed by atoms with E-state index in [0.717, 1.165) is 38.5 Å². The fraction of sp³-hybridized carbons (Fsp3) is 0.700. The first kappa shape index (κ1) is 11.0. The molecule has 5 heteroatoms. The number of hydrogen-bond acceptors (Lipinski definition) is 5. The van der Waals surface area contributed by atoms with Gasteiger partial charge < -0.3 is 15.4 Å². The molecular weight excluding hydrogens is 210 g/mol. The lowest BCUT2D eigenvalue weighted by Crippen LogP contribution is -2.59. The SMILES string of the molecule is CC1(OCCNCc2cscn2)CNC1. The lowest BCUT2D eigenvalue weighted by Gasteiger charge is -2.39. The van der Waals surface area contributed by atoms with Crippen molar-refractivity contribution in [2.45, 2.75) is 19.1 Å². The first-order valence-corrected chi connectivity index (χ1v) is 6.15. The first-order chi connectivity index (χ1) is 7.29. The molecule has 1 aromatic heterocycles. The molecule has 1 aliphatic heterocycles. The molecule has 0 saturated carbocycles. The molecule has 1 fully saturated rings. The second-order valence-electron chi connectivity index (χ2n) is 4.06. The molecule has 0 radical (unpaired) electrons. The average Bonchev–Trinajstić information content (AvgIpc) is 2.67. The standard InChI is InChI=1S/C10H17N3OS/c1-10(6-12-7-10)14-3-2-11-4-9-5-15-8-13-9/h5,8,11-12H,2-4,6-7H2,1H3. The van der Waals surface area contributed by atoms with Gasteiger partial charge in [0.1, 0.15) is 0 Å². The maximum atomic E-state index is 5.74. The van der Waals surface area contributed by atoms with E-state index in [0.29, 0.717) is 0 Å². The van der Waals surface area contributed by atoms with Crippen LogP contribution in [0, 0.1) is 0 Å². The Morgan fingerprint density at radius 1 is 1.67 bits per heavy atom. The van der Waals surface area contributed by atoms with Gasteiger partial charge in [-0.05, 0) is 6.92 Å². The number of thiazole rings is 1. The molecule has 15 heavy (non-hydrogen) atoms. The molecule has 2 rings (SSSR count). The Balaban J connectivity index is 1.52. The number of aromatic nitrogens is 1. The Bertz CT molecular complexity index is 285. The summed E-state index contributed by atoms with van der Waals surface area (Å²) in [4.78, 5) is 4.20. The molecule has 1 saturated heterocycles. The van der Waals surface area contributed by atoms with Crippen molar-refractivity contribution in [3.63, 3.8) is 0 Å². The summed E-state index contributed by atoms with van der Waals surface area (Å²) in [6.07, 6.45) is 0. The monoisotopic (exact) mass is 227 g/mol. The summed E-state index contributed by atoms with van der Waals surface area (Å²) in [7, 11) is 0. The van der Waals surface area contributed by atoms with Crippen molar-refractivity contribution in [2.24, 2.45) is 0 Å². The largest absolute Gasteiger partial charge is 0.371 e. The molecular formula is C10H17N3OS. The minimum absolute atomic E-state index is 0.0717. The summed E-state index contributed by atoms with van der Waals surface area (Å²) in [5.41, 5.74) is 3.04. The molecule has 0 spiro atoms. The van der Waals surface area contributed by atoms with Gasteiger partial charge in [0.05, 0.1) is 23.4 Å². The van der Waals surface area contributed by atoms with Gasteiger partial charge in [-0.15, -0.1) is 11.3 Å². The first-order valence-electron chi connectivity index (χ1n) is 5.21. The van der Waals surface area contributed by atoms with Crippen LogP contribution in [0.15, 0.2) is 10.9 Å².